The zero-order valence-corrected chi connectivity index (χ0v) is 12.2. The molecule has 8 heteroatoms. The molecule has 7 nitrogen and oxygen atoms in total. The minimum atomic E-state index is 0.197. The van der Waals surface area contributed by atoms with Crippen LogP contribution >= 0.6 is 11.8 Å². The molecule has 0 aliphatic carbocycles. The van der Waals surface area contributed by atoms with E-state index in [9.17, 15) is 5.11 Å². The summed E-state index contributed by atoms with van der Waals surface area (Å²) in [4.78, 5) is 8.60. The standard InChI is InChI=1S/C13H12N6OS/c1-8-7-12(15-9(2)14-8)21-13-16-17-18-19(13)10-3-5-11(20)6-4-10/h3-7,20H,1-2H3. The molecule has 1 N–H and O–H groups in total. The average Bonchev–Trinajstić information content (AvgIpc) is 2.86. The Labute approximate surface area is 125 Å². The number of phenolic OH excluding ortho intramolecular Hbond substituents is 1. The molecule has 0 amide bonds. The highest BCUT2D eigenvalue weighted by molar-refractivity contribution is 7.99. The third kappa shape index (κ3) is 3.00. The van der Waals surface area contributed by atoms with E-state index in [1.54, 1.807) is 28.9 Å². The van der Waals surface area contributed by atoms with Crippen LogP contribution in [0.2, 0.25) is 0 Å². The zero-order valence-electron chi connectivity index (χ0n) is 11.4. The molecule has 106 valence electrons. The molecule has 2 heterocycles. The molecule has 0 spiro atoms. The summed E-state index contributed by atoms with van der Waals surface area (Å²) >= 11 is 1.36. The first-order valence-electron chi connectivity index (χ1n) is 6.20. The van der Waals surface area contributed by atoms with Gasteiger partial charge >= 0.3 is 0 Å². The third-order valence-electron chi connectivity index (χ3n) is 2.67. The summed E-state index contributed by atoms with van der Waals surface area (Å²) in [5.74, 6) is 0.907. The second-order valence-corrected chi connectivity index (χ2v) is 5.37. The first kappa shape index (κ1) is 13.5. The van der Waals surface area contributed by atoms with E-state index >= 15 is 0 Å². The molecule has 0 unspecified atom stereocenters. The highest BCUT2D eigenvalue weighted by Crippen LogP contribution is 2.26. The number of benzene rings is 1. The Balaban J connectivity index is 1.94. The van der Waals surface area contributed by atoms with Crippen LogP contribution in [0, 0.1) is 13.8 Å². The van der Waals surface area contributed by atoms with E-state index in [0.29, 0.717) is 11.0 Å². The first-order valence-corrected chi connectivity index (χ1v) is 7.01. The molecule has 21 heavy (non-hydrogen) atoms. The van der Waals surface area contributed by atoms with Crippen molar-refractivity contribution in [3.63, 3.8) is 0 Å². The third-order valence-corrected chi connectivity index (χ3v) is 3.53. The first-order chi connectivity index (χ1) is 10.1. The van der Waals surface area contributed by atoms with Gasteiger partial charge in [0.25, 0.3) is 0 Å². The predicted molar refractivity (Wildman–Crippen MR) is 76.4 cm³/mol. The van der Waals surface area contributed by atoms with Crippen LogP contribution in [-0.2, 0) is 0 Å². The molecule has 1 aromatic carbocycles. The quantitative estimate of drug-likeness (QED) is 0.739. The maximum absolute atomic E-state index is 9.34. The number of phenols is 1. The van der Waals surface area contributed by atoms with Gasteiger partial charge in [0.2, 0.25) is 5.16 Å². The minimum absolute atomic E-state index is 0.197. The molecule has 0 atom stereocenters. The molecule has 2 aromatic heterocycles. The second kappa shape index (κ2) is 5.49. The van der Waals surface area contributed by atoms with Crippen molar-refractivity contribution in [1.29, 1.82) is 0 Å². The van der Waals surface area contributed by atoms with Gasteiger partial charge < -0.3 is 5.11 Å². The molecule has 0 saturated carbocycles. The second-order valence-electron chi connectivity index (χ2n) is 4.39. The van der Waals surface area contributed by atoms with Gasteiger partial charge in [0.05, 0.1) is 5.69 Å². The maximum Gasteiger partial charge on any atom is 0.220 e. The van der Waals surface area contributed by atoms with Gasteiger partial charge in [-0.3, -0.25) is 0 Å². The molecule has 0 bridgehead atoms. The molecule has 0 radical (unpaired) electrons. The van der Waals surface area contributed by atoms with Crippen molar-refractivity contribution in [3.05, 3.63) is 41.9 Å². The number of aromatic nitrogens is 6. The summed E-state index contributed by atoms with van der Waals surface area (Å²) in [5.41, 5.74) is 1.66. The Morgan fingerprint density at radius 1 is 1.10 bits per heavy atom. The summed E-state index contributed by atoms with van der Waals surface area (Å²) < 4.78 is 1.59. The lowest BCUT2D eigenvalue weighted by molar-refractivity contribution is 0.475. The molecule has 0 saturated heterocycles. The Morgan fingerprint density at radius 3 is 2.57 bits per heavy atom. The molecule has 0 aliphatic rings. The highest BCUT2D eigenvalue weighted by Gasteiger charge is 2.11. The van der Waals surface area contributed by atoms with E-state index in [-0.39, 0.29) is 5.75 Å². The highest BCUT2D eigenvalue weighted by atomic mass is 32.2. The van der Waals surface area contributed by atoms with Crippen molar-refractivity contribution >= 4 is 11.8 Å². The SMILES string of the molecule is Cc1cc(Sc2nnnn2-c2ccc(O)cc2)nc(C)n1. The van der Waals surface area contributed by atoms with Gasteiger partial charge in [-0.25, -0.2) is 9.97 Å². The molecular formula is C13H12N6OS. The molecule has 3 rings (SSSR count). The Kier molecular flexibility index (Phi) is 3.53. The number of nitrogens with zero attached hydrogens (tertiary/aromatic N) is 6. The van der Waals surface area contributed by atoms with Crippen molar-refractivity contribution < 1.29 is 5.11 Å². The molecule has 3 aromatic rings. The lowest BCUT2D eigenvalue weighted by Gasteiger charge is -2.05. The van der Waals surface area contributed by atoms with E-state index in [4.69, 9.17) is 0 Å². The fourth-order valence-corrected chi connectivity index (χ4v) is 2.73. The Hall–Kier alpha value is -2.48. The lowest BCUT2D eigenvalue weighted by atomic mass is 10.3. The number of hydrogen-bond donors (Lipinski definition) is 1. The van der Waals surface area contributed by atoms with Crippen molar-refractivity contribution in [3.8, 4) is 11.4 Å². The smallest absolute Gasteiger partial charge is 0.220 e. The normalized spacial score (nSPS) is 10.8. The van der Waals surface area contributed by atoms with Crippen molar-refractivity contribution in [2.75, 3.05) is 0 Å². The fraction of sp³-hybridized carbons (Fsp3) is 0.154. The fourth-order valence-electron chi connectivity index (χ4n) is 1.83. The summed E-state index contributed by atoms with van der Waals surface area (Å²) in [6, 6.07) is 8.54. The lowest BCUT2D eigenvalue weighted by Crippen LogP contribution is -1.99. The van der Waals surface area contributed by atoms with E-state index < -0.39 is 0 Å². The van der Waals surface area contributed by atoms with Crippen LogP contribution in [0.4, 0.5) is 0 Å². The van der Waals surface area contributed by atoms with Gasteiger partial charge in [0.1, 0.15) is 16.6 Å². The van der Waals surface area contributed by atoms with Gasteiger partial charge in [-0.2, -0.15) is 4.68 Å². The van der Waals surface area contributed by atoms with Crippen LogP contribution < -0.4 is 0 Å². The molecule has 0 fully saturated rings. The number of aromatic hydroxyl groups is 1. The Bertz CT molecular complexity index is 750. The zero-order chi connectivity index (χ0) is 14.8. The van der Waals surface area contributed by atoms with Gasteiger partial charge in [-0.15, -0.1) is 5.10 Å². The van der Waals surface area contributed by atoms with Crippen LogP contribution in [0.1, 0.15) is 11.5 Å². The van der Waals surface area contributed by atoms with E-state index in [2.05, 4.69) is 25.5 Å². The number of hydrogen-bond acceptors (Lipinski definition) is 7. The molecule has 0 aliphatic heterocycles. The Morgan fingerprint density at radius 2 is 1.86 bits per heavy atom. The maximum atomic E-state index is 9.34. The van der Waals surface area contributed by atoms with Crippen molar-refractivity contribution in [1.82, 2.24) is 30.2 Å². The van der Waals surface area contributed by atoms with Crippen molar-refractivity contribution in [2.45, 2.75) is 24.0 Å². The summed E-state index contributed by atoms with van der Waals surface area (Å²) in [7, 11) is 0. The largest absolute Gasteiger partial charge is 0.508 e. The van der Waals surface area contributed by atoms with Crippen LogP contribution in [-0.4, -0.2) is 35.3 Å². The van der Waals surface area contributed by atoms with Gasteiger partial charge in [0, 0.05) is 5.69 Å². The average molecular weight is 300 g/mol. The number of aryl methyl sites for hydroxylation is 2. The molecular weight excluding hydrogens is 288 g/mol. The van der Waals surface area contributed by atoms with E-state index in [1.165, 1.54) is 11.8 Å². The van der Waals surface area contributed by atoms with Crippen LogP contribution in [0.5, 0.6) is 5.75 Å². The van der Waals surface area contributed by atoms with Gasteiger partial charge in [-0.05, 0) is 66.4 Å². The van der Waals surface area contributed by atoms with Gasteiger partial charge in [0.15, 0.2) is 0 Å². The van der Waals surface area contributed by atoms with Gasteiger partial charge in [-0.1, -0.05) is 0 Å². The van der Waals surface area contributed by atoms with Crippen LogP contribution in [0.25, 0.3) is 5.69 Å². The summed E-state index contributed by atoms with van der Waals surface area (Å²) in [6.45, 7) is 3.77. The minimum Gasteiger partial charge on any atom is -0.508 e. The van der Waals surface area contributed by atoms with Crippen LogP contribution in [0.3, 0.4) is 0 Å². The number of tetrazole rings is 1. The van der Waals surface area contributed by atoms with E-state index in [0.717, 1.165) is 16.4 Å². The summed E-state index contributed by atoms with van der Waals surface area (Å²) in [6.07, 6.45) is 0. The van der Waals surface area contributed by atoms with Crippen LogP contribution in [0.15, 0.2) is 40.5 Å². The van der Waals surface area contributed by atoms with Crippen molar-refractivity contribution in [2.24, 2.45) is 0 Å². The topological polar surface area (TPSA) is 89.6 Å². The van der Waals surface area contributed by atoms with E-state index in [1.807, 2.05) is 19.9 Å². The number of rotatable bonds is 3. The summed E-state index contributed by atoms with van der Waals surface area (Å²) in [5, 5.41) is 22.4. The monoisotopic (exact) mass is 300 g/mol. The predicted octanol–water partition coefficient (Wildman–Crippen LogP) is 1.93.